The van der Waals surface area contributed by atoms with Gasteiger partial charge in [0.15, 0.2) is 0 Å². The highest BCUT2D eigenvalue weighted by Crippen LogP contribution is 2.23. The number of phenolic OH excluding ortho intramolecular Hbond substituents is 1. The maximum Gasteiger partial charge on any atom is 0.229 e. The van der Waals surface area contributed by atoms with E-state index in [1.165, 1.54) is 0 Å². The molecule has 1 aromatic carbocycles. The molecule has 0 amide bonds. The Hall–Kier alpha value is -2.61. The summed E-state index contributed by atoms with van der Waals surface area (Å²) in [6.45, 7) is 0.712. The Morgan fingerprint density at radius 2 is 2.17 bits per heavy atom. The molecule has 0 fully saturated rings. The van der Waals surface area contributed by atoms with Gasteiger partial charge in [0, 0.05) is 42.8 Å². The van der Waals surface area contributed by atoms with Crippen LogP contribution in [0.2, 0.25) is 0 Å². The molecular weight excluding hydrogens is 360 g/mol. The molecule has 0 aliphatic carbocycles. The number of benzene rings is 1. The lowest BCUT2D eigenvalue weighted by molar-refractivity contribution is 0.475. The molecule has 0 aliphatic rings. The van der Waals surface area contributed by atoms with Crippen molar-refractivity contribution in [2.75, 3.05) is 17.2 Å². The molecule has 7 nitrogen and oxygen atoms in total. The smallest absolute Gasteiger partial charge is 0.229 e. The van der Waals surface area contributed by atoms with Gasteiger partial charge in [-0.15, -0.1) is 0 Å². The standard InChI is InChI=1S/C15H15BrN6O/c16-13-8-19-15(21-10-2-1-3-12(23)6-10)22-14(13)18-5-4-11-7-17-9-20-11/h1-3,6-9,23H,4-5H2,(H,17,20)(H2,18,19,21,22). The molecule has 118 valence electrons. The number of hydrogen-bond donors (Lipinski definition) is 4. The molecule has 0 radical (unpaired) electrons. The summed E-state index contributed by atoms with van der Waals surface area (Å²) in [7, 11) is 0. The van der Waals surface area contributed by atoms with E-state index in [9.17, 15) is 5.11 Å². The Balaban J connectivity index is 1.66. The predicted octanol–water partition coefficient (Wildman–Crippen LogP) is 3.07. The second kappa shape index (κ2) is 7.10. The number of H-pyrrole nitrogens is 1. The summed E-state index contributed by atoms with van der Waals surface area (Å²) in [6.07, 6.45) is 5.95. The van der Waals surface area contributed by atoms with Crippen LogP contribution in [0.25, 0.3) is 0 Å². The lowest BCUT2D eigenvalue weighted by atomic mass is 10.3. The number of halogens is 1. The van der Waals surface area contributed by atoms with E-state index in [1.54, 1.807) is 36.9 Å². The van der Waals surface area contributed by atoms with Crippen molar-refractivity contribution in [2.24, 2.45) is 0 Å². The normalized spacial score (nSPS) is 10.5. The first-order valence-corrected chi connectivity index (χ1v) is 7.80. The minimum absolute atomic E-state index is 0.185. The molecule has 3 aromatic rings. The molecule has 0 spiro atoms. The zero-order valence-electron chi connectivity index (χ0n) is 12.1. The van der Waals surface area contributed by atoms with Gasteiger partial charge in [0.25, 0.3) is 0 Å². The Morgan fingerprint density at radius 1 is 1.26 bits per heavy atom. The summed E-state index contributed by atoms with van der Waals surface area (Å²) in [4.78, 5) is 15.7. The summed E-state index contributed by atoms with van der Waals surface area (Å²) < 4.78 is 0.781. The molecule has 0 unspecified atom stereocenters. The second-order valence-electron chi connectivity index (χ2n) is 4.82. The summed E-state index contributed by atoms with van der Waals surface area (Å²) in [5.74, 6) is 1.33. The molecule has 8 heteroatoms. The fourth-order valence-corrected chi connectivity index (χ4v) is 2.33. The molecule has 23 heavy (non-hydrogen) atoms. The number of phenols is 1. The molecule has 0 atom stereocenters. The second-order valence-corrected chi connectivity index (χ2v) is 5.67. The SMILES string of the molecule is Oc1cccc(Nc2ncc(Br)c(NCCc3cnc[nH]3)n2)c1. The van der Waals surface area contributed by atoms with E-state index in [4.69, 9.17) is 0 Å². The van der Waals surface area contributed by atoms with E-state index in [1.807, 2.05) is 6.07 Å². The van der Waals surface area contributed by atoms with E-state index >= 15 is 0 Å². The fraction of sp³-hybridized carbons (Fsp3) is 0.133. The summed E-state index contributed by atoms with van der Waals surface area (Å²) in [5, 5.41) is 15.8. The van der Waals surface area contributed by atoms with Gasteiger partial charge in [0.2, 0.25) is 5.95 Å². The number of hydrogen-bond acceptors (Lipinski definition) is 6. The Bertz CT molecular complexity index is 777. The largest absolute Gasteiger partial charge is 0.508 e. The van der Waals surface area contributed by atoms with Crippen LogP contribution in [0.15, 0.2) is 47.5 Å². The van der Waals surface area contributed by atoms with Crippen LogP contribution in [0.4, 0.5) is 17.5 Å². The number of nitrogens with zero attached hydrogens (tertiary/aromatic N) is 3. The van der Waals surface area contributed by atoms with E-state index in [2.05, 4.69) is 46.5 Å². The van der Waals surface area contributed by atoms with Crippen LogP contribution in [-0.2, 0) is 6.42 Å². The molecule has 0 saturated carbocycles. The van der Waals surface area contributed by atoms with Crippen LogP contribution in [-0.4, -0.2) is 31.6 Å². The van der Waals surface area contributed by atoms with E-state index in [0.717, 1.165) is 22.3 Å². The van der Waals surface area contributed by atoms with Crippen molar-refractivity contribution in [3.05, 3.63) is 53.2 Å². The zero-order valence-corrected chi connectivity index (χ0v) is 13.7. The van der Waals surface area contributed by atoms with Crippen LogP contribution < -0.4 is 10.6 Å². The molecular formula is C15H15BrN6O. The first-order valence-electron chi connectivity index (χ1n) is 7.00. The maximum atomic E-state index is 9.49. The molecule has 3 rings (SSSR count). The van der Waals surface area contributed by atoms with E-state index in [-0.39, 0.29) is 5.75 Å². The summed E-state index contributed by atoms with van der Waals surface area (Å²) in [6, 6.07) is 6.79. The average Bonchev–Trinajstić information content (AvgIpc) is 3.04. The Morgan fingerprint density at radius 3 is 2.96 bits per heavy atom. The lowest BCUT2D eigenvalue weighted by Crippen LogP contribution is -2.08. The minimum atomic E-state index is 0.185. The first kappa shape index (κ1) is 15.3. The number of nitrogens with one attached hydrogen (secondary N) is 3. The van der Waals surface area contributed by atoms with Crippen molar-refractivity contribution < 1.29 is 5.11 Å². The molecule has 0 saturated heterocycles. The highest BCUT2D eigenvalue weighted by molar-refractivity contribution is 9.10. The Kier molecular flexibility index (Phi) is 4.72. The van der Waals surface area contributed by atoms with Gasteiger partial charge in [-0.1, -0.05) is 6.07 Å². The number of aromatic amines is 1. The number of aromatic nitrogens is 4. The van der Waals surface area contributed by atoms with Crippen LogP contribution in [0.3, 0.4) is 0 Å². The molecule has 4 N–H and O–H groups in total. The molecule has 2 heterocycles. The third kappa shape index (κ3) is 4.19. The topological polar surface area (TPSA) is 98.7 Å². The monoisotopic (exact) mass is 374 g/mol. The van der Waals surface area contributed by atoms with Gasteiger partial charge in [-0.25, -0.2) is 9.97 Å². The van der Waals surface area contributed by atoms with Gasteiger partial charge in [-0.05, 0) is 28.1 Å². The van der Waals surface area contributed by atoms with Crippen molar-refractivity contribution in [1.82, 2.24) is 19.9 Å². The first-order chi connectivity index (χ1) is 11.2. The van der Waals surface area contributed by atoms with Gasteiger partial charge in [-0.3, -0.25) is 0 Å². The van der Waals surface area contributed by atoms with Gasteiger partial charge in [0.05, 0.1) is 10.8 Å². The Labute approximate surface area is 141 Å². The van der Waals surface area contributed by atoms with Crippen molar-refractivity contribution in [3.63, 3.8) is 0 Å². The fourth-order valence-electron chi connectivity index (χ4n) is 2.00. The van der Waals surface area contributed by atoms with Crippen molar-refractivity contribution in [1.29, 1.82) is 0 Å². The zero-order chi connectivity index (χ0) is 16.1. The van der Waals surface area contributed by atoms with Crippen molar-refractivity contribution in [3.8, 4) is 5.75 Å². The number of anilines is 3. The number of imidazole rings is 1. The predicted molar refractivity (Wildman–Crippen MR) is 91.9 cm³/mol. The van der Waals surface area contributed by atoms with Gasteiger partial charge in [-0.2, -0.15) is 4.98 Å². The highest BCUT2D eigenvalue weighted by Gasteiger charge is 2.06. The maximum absolute atomic E-state index is 9.49. The van der Waals surface area contributed by atoms with Gasteiger partial charge >= 0.3 is 0 Å². The van der Waals surface area contributed by atoms with Crippen LogP contribution in [0, 0.1) is 0 Å². The van der Waals surface area contributed by atoms with Gasteiger partial charge < -0.3 is 20.7 Å². The molecule has 0 bridgehead atoms. The van der Waals surface area contributed by atoms with E-state index < -0.39 is 0 Å². The lowest BCUT2D eigenvalue weighted by Gasteiger charge is -2.10. The number of aromatic hydroxyl groups is 1. The highest BCUT2D eigenvalue weighted by atomic mass is 79.9. The van der Waals surface area contributed by atoms with Crippen LogP contribution in [0.1, 0.15) is 5.69 Å². The molecule has 0 aliphatic heterocycles. The molecule has 2 aromatic heterocycles. The summed E-state index contributed by atoms with van der Waals surface area (Å²) in [5.41, 5.74) is 1.77. The summed E-state index contributed by atoms with van der Waals surface area (Å²) >= 11 is 3.43. The van der Waals surface area contributed by atoms with Crippen molar-refractivity contribution in [2.45, 2.75) is 6.42 Å². The third-order valence-corrected chi connectivity index (χ3v) is 3.67. The average molecular weight is 375 g/mol. The van der Waals surface area contributed by atoms with Gasteiger partial charge in [0.1, 0.15) is 11.6 Å². The number of rotatable bonds is 6. The third-order valence-electron chi connectivity index (χ3n) is 3.09. The van der Waals surface area contributed by atoms with Crippen LogP contribution in [0.5, 0.6) is 5.75 Å². The quantitative estimate of drug-likeness (QED) is 0.529. The van der Waals surface area contributed by atoms with E-state index in [0.29, 0.717) is 18.3 Å². The van der Waals surface area contributed by atoms with Crippen molar-refractivity contribution >= 4 is 33.4 Å². The van der Waals surface area contributed by atoms with Crippen LogP contribution >= 0.6 is 15.9 Å². The minimum Gasteiger partial charge on any atom is -0.508 e.